The lowest BCUT2D eigenvalue weighted by Crippen LogP contribution is -2.29. The van der Waals surface area contributed by atoms with Crippen molar-refractivity contribution in [2.75, 3.05) is 18.4 Å². The molecule has 0 radical (unpaired) electrons. The van der Waals surface area contributed by atoms with Crippen molar-refractivity contribution in [3.8, 4) is 28.2 Å². The summed E-state index contributed by atoms with van der Waals surface area (Å²) in [6.07, 6.45) is 3.00. The number of carboxylic acid groups (broad SMARTS) is 1. The summed E-state index contributed by atoms with van der Waals surface area (Å²) < 4.78 is 5.87. The topological polar surface area (TPSA) is 141 Å². The van der Waals surface area contributed by atoms with Crippen LogP contribution in [0.15, 0.2) is 63.8 Å². The van der Waals surface area contributed by atoms with Gasteiger partial charge >= 0.3 is 5.97 Å². The number of thiocarbonyl (C=S) groups is 1. The normalized spacial score (nSPS) is 10.9. The Labute approximate surface area is 230 Å². The van der Waals surface area contributed by atoms with E-state index in [0.717, 1.165) is 19.3 Å². The van der Waals surface area contributed by atoms with Gasteiger partial charge in [0.15, 0.2) is 10.5 Å². The molecule has 5 N–H and O–H groups in total. The molecule has 0 unspecified atom stereocenters. The number of carbonyl (C=O) groups excluding carboxylic acids is 1. The Bertz CT molecular complexity index is 1560. The maximum Gasteiger partial charge on any atom is 0.336 e. The summed E-state index contributed by atoms with van der Waals surface area (Å²) in [6.45, 7) is 3.14. The Morgan fingerprint density at radius 2 is 1.74 bits per heavy atom. The van der Waals surface area contributed by atoms with Crippen LogP contribution in [0.5, 0.6) is 5.75 Å². The number of phenols is 1. The highest BCUT2D eigenvalue weighted by Gasteiger charge is 2.22. The van der Waals surface area contributed by atoms with Gasteiger partial charge in [-0.1, -0.05) is 12.5 Å². The predicted molar refractivity (Wildman–Crippen MR) is 155 cm³/mol. The van der Waals surface area contributed by atoms with E-state index in [4.69, 9.17) is 16.6 Å². The van der Waals surface area contributed by atoms with Crippen molar-refractivity contribution in [3.05, 3.63) is 70.4 Å². The zero-order chi connectivity index (χ0) is 27.9. The summed E-state index contributed by atoms with van der Waals surface area (Å²) in [4.78, 5) is 35.9. The van der Waals surface area contributed by atoms with Crippen molar-refractivity contribution in [2.24, 2.45) is 0 Å². The molecular weight excluding hydrogens is 518 g/mol. The summed E-state index contributed by atoms with van der Waals surface area (Å²) >= 11 is 5.38. The van der Waals surface area contributed by atoms with Gasteiger partial charge in [-0.15, -0.1) is 0 Å². The number of carbonyl (C=O) groups is 2. The van der Waals surface area contributed by atoms with E-state index in [2.05, 4.69) is 16.0 Å². The fourth-order valence-electron chi connectivity index (χ4n) is 4.42. The van der Waals surface area contributed by atoms with E-state index in [1.807, 2.05) is 6.92 Å². The van der Waals surface area contributed by atoms with Crippen LogP contribution in [0.25, 0.3) is 33.4 Å². The maximum atomic E-state index is 12.4. The van der Waals surface area contributed by atoms with Gasteiger partial charge in [0.2, 0.25) is 5.91 Å². The highest BCUT2D eigenvalue weighted by molar-refractivity contribution is 7.80. The zero-order valence-electron chi connectivity index (χ0n) is 21.4. The molecule has 0 bridgehead atoms. The molecule has 0 aromatic heterocycles. The Morgan fingerprint density at radius 1 is 0.949 bits per heavy atom. The molecule has 2 aromatic carbocycles. The number of fused-ring (bicyclic) bond motifs is 2. The number of nitrogens with one attached hydrogen (secondary N) is 3. The third-order valence-corrected chi connectivity index (χ3v) is 6.44. The summed E-state index contributed by atoms with van der Waals surface area (Å²) in [5, 5.41) is 29.9. The number of carboxylic acids is 1. The molecular formula is C29H29N3O6S. The van der Waals surface area contributed by atoms with E-state index >= 15 is 0 Å². The van der Waals surface area contributed by atoms with Crippen LogP contribution in [0.1, 0.15) is 43.0 Å². The minimum absolute atomic E-state index is 0.0177. The second kappa shape index (κ2) is 12.4. The van der Waals surface area contributed by atoms with Crippen LogP contribution in [0, 0.1) is 0 Å². The summed E-state index contributed by atoms with van der Waals surface area (Å²) in [5.74, 6) is -0.818. The first-order valence-electron chi connectivity index (χ1n) is 12.7. The molecule has 1 aliphatic heterocycles. The minimum Gasteiger partial charge on any atom is -0.508 e. The highest BCUT2D eigenvalue weighted by atomic mass is 32.1. The number of hydrogen-bond donors (Lipinski definition) is 5. The molecule has 2 aromatic rings. The molecule has 1 amide bonds. The molecule has 0 saturated carbocycles. The molecule has 0 fully saturated rings. The number of phenolic OH excluding ortho intramolecular Hbond substituents is 1. The number of hydrogen-bond acceptors (Lipinski definition) is 6. The first-order valence-corrected chi connectivity index (χ1v) is 13.1. The number of aromatic hydroxyl groups is 1. The molecule has 1 heterocycles. The SMILES string of the molecule is CCNC(=O)CCCCCNC(=S)Nc1ccc(-c2c3ccc(=O)cc-3oc3cc(O)ccc23)c(C(=O)O)c1. The maximum absolute atomic E-state index is 12.4. The molecule has 4 rings (SSSR count). The highest BCUT2D eigenvalue weighted by Crippen LogP contribution is 2.42. The van der Waals surface area contributed by atoms with E-state index in [-0.39, 0.29) is 28.4 Å². The summed E-state index contributed by atoms with van der Waals surface area (Å²) in [7, 11) is 0. The fourth-order valence-corrected chi connectivity index (χ4v) is 4.64. The van der Waals surface area contributed by atoms with Gasteiger partial charge in [0.25, 0.3) is 0 Å². The van der Waals surface area contributed by atoms with Crippen LogP contribution in [0.3, 0.4) is 0 Å². The van der Waals surface area contributed by atoms with Gasteiger partial charge < -0.3 is 30.6 Å². The lowest BCUT2D eigenvalue weighted by Gasteiger charge is -2.18. The molecule has 9 nitrogen and oxygen atoms in total. The molecule has 2 aliphatic rings. The Kier molecular flexibility index (Phi) is 8.77. The van der Waals surface area contributed by atoms with E-state index in [9.17, 15) is 24.6 Å². The largest absolute Gasteiger partial charge is 0.508 e. The van der Waals surface area contributed by atoms with Crippen LogP contribution < -0.4 is 21.4 Å². The van der Waals surface area contributed by atoms with Gasteiger partial charge in [-0.3, -0.25) is 9.59 Å². The van der Waals surface area contributed by atoms with E-state index < -0.39 is 5.97 Å². The number of amides is 1. The predicted octanol–water partition coefficient (Wildman–Crippen LogP) is 4.95. The first kappa shape index (κ1) is 27.6. The Morgan fingerprint density at radius 3 is 2.51 bits per heavy atom. The lowest BCUT2D eigenvalue weighted by atomic mass is 9.90. The first-order chi connectivity index (χ1) is 18.8. The minimum atomic E-state index is -1.14. The lowest BCUT2D eigenvalue weighted by molar-refractivity contribution is -0.121. The second-order valence-corrected chi connectivity index (χ2v) is 9.43. The number of unbranched alkanes of at least 4 members (excludes halogenated alkanes) is 2. The number of benzene rings is 3. The number of aromatic carboxylic acids is 1. The van der Waals surface area contributed by atoms with Crippen LogP contribution in [0.2, 0.25) is 0 Å². The third kappa shape index (κ3) is 6.71. The number of rotatable bonds is 10. The zero-order valence-corrected chi connectivity index (χ0v) is 22.2. The van der Waals surface area contributed by atoms with Gasteiger partial charge in [0.1, 0.15) is 17.1 Å². The third-order valence-electron chi connectivity index (χ3n) is 6.19. The van der Waals surface area contributed by atoms with E-state index in [0.29, 0.717) is 58.0 Å². The molecule has 0 atom stereocenters. The van der Waals surface area contributed by atoms with Gasteiger partial charge in [0, 0.05) is 53.8 Å². The van der Waals surface area contributed by atoms with Gasteiger partial charge in [-0.05, 0) is 73.9 Å². The Hall–Kier alpha value is -4.44. The molecule has 39 heavy (non-hydrogen) atoms. The van der Waals surface area contributed by atoms with Crippen LogP contribution in [-0.4, -0.2) is 40.3 Å². The van der Waals surface area contributed by atoms with Crippen LogP contribution in [0.4, 0.5) is 5.69 Å². The monoisotopic (exact) mass is 547 g/mol. The van der Waals surface area contributed by atoms with Crippen molar-refractivity contribution in [1.29, 1.82) is 0 Å². The molecule has 202 valence electrons. The fraction of sp³-hybridized carbons (Fsp3) is 0.241. The van der Waals surface area contributed by atoms with Crippen molar-refractivity contribution < 1.29 is 24.2 Å². The van der Waals surface area contributed by atoms with Crippen molar-refractivity contribution in [3.63, 3.8) is 0 Å². The summed E-state index contributed by atoms with van der Waals surface area (Å²) in [6, 6.07) is 13.8. The van der Waals surface area contributed by atoms with Crippen LogP contribution in [-0.2, 0) is 4.79 Å². The summed E-state index contributed by atoms with van der Waals surface area (Å²) in [5.41, 5.74) is 2.16. The molecule has 0 saturated heterocycles. The van der Waals surface area contributed by atoms with Gasteiger partial charge in [-0.25, -0.2) is 4.79 Å². The molecule has 0 spiro atoms. The average Bonchev–Trinajstić information content (AvgIpc) is 2.89. The van der Waals surface area contributed by atoms with E-state index in [1.165, 1.54) is 30.3 Å². The van der Waals surface area contributed by atoms with Gasteiger partial charge in [-0.2, -0.15) is 0 Å². The van der Waals surface area contributed by atoms with Crippen molar-refractivity contribution in [1.82, 2.24) is 10.6 Å². The quantitative estimate of drug-likeness (QED) is 0.106. The number of anilines is 1. The Balaban J connectivity index is 1.55. The standard InChI is InChI=1S/C29H29N3O6S/c1-2-30-26(35)6-4-3-5-13-31-29(39)32-17-7-10-20(23(14-17)28(36)37)27-21-11-8-18(33)15-24(21)38-25-16-19(34)9-12-22(25)27/h7-12,14-16,33H,2-6,13H2,1H3,(H,30,35)(H,36,37)(H2,31,32,39). The average molecular weight is 548 g/mol. The second-order valence-electron chi connectivity index (χ2n) is 9.03. The van der Waals surface area contributed by atoms with Crippen LogP contribution >= 0.6 is 12.2 Å². The smallest absolute Gasteiger partial charge is 0.336 e. The molecule has 1 aliphatic carbocycles. The molecule has 10 heteroatoms. The van der Waals surface area contributed by atoms with Crippen molar-refractivity contribution in [2.45, 2.75) is 32.6 Å². The van der Waals surface area contributed by atoms with Gasteiger partial charge in [0.05, 0.1) is 5.56 Å². The van der Waals surface area contributed by atoms with E-state index in [1.54, 1.807) is 24.3 Å². The van der Waals surface area contributed by atoms with Crippen molar-refractivity contribution >= 4 is 45.9 Å².